The highest BCUT2D eigenvalue weighted by atomic mass is 35.5. The van der Waals surface area contributed by atoms with Crippen LogP contribution in [-0.2, 0) is 0 Å². The summed E-state index contributed by atoms with van der Waals surface area (Å²) in [5, 5.41) is 5.94. The van der Waals surface area contributed by atoms with Crippen LogP contribution in [0, 0.1) is 0 Å². The molecule has 0 heterocycles. The van der Waals surface area contributed by atoms with Crippen LogP contribution in [0.4, 0.5) is 16.2 Å². The summed E-state index contributed by atoms with van der Waals surface area (Å²) in [6.07, 6.45) is 0. The molecule has 2 N–H and O–H groups in total. The molecule has 0 aromatic heterocycles. The minimum atomic E-state index is -0.454. The lowest BCUT2D eigenvalue weighted by atomic mass is 10.1. The van der Waals surface area contributed by atoms with Crippen LogP contribution >= 0.6 is 11.6 Å². The van der Waals surface area contributed by atoms with E-state index >= 15 is 0 Å². The fourth-order valence-corrected chi connectivity index (χ4v) is 2.14. The van der Waals surface area contributed by atoms with Gasteiger partial charge in [-0.1, -0.05) is 11.6 Å². The number of carbonyl (C=O) groups excluding carboxylic acids is 2. The highest BCUT2D eigenvalue weighted by Gasteiger charge is 2.13. The van der Waals surface area contributed by atoms with Crippen molar-refractivity contribution in [3.8, 4) is 5.75 Å². The second-order valence-corrected chi connectivity index (χ2v) is 5.64. The Labute approximate surface area is 145 Å². The molecule has 6 nitrogen and oxygen atoms in total. The number of methoxy groups -OCH3 is 1. The standard InChI is InChI=1S/C17H18ClN3O3/c1-21(2)16(22)11-4-9-15(24-3)14(10-11)20-17(23)19-13-7-5-12(18)6-8-13/h4-10H,1-3H3,(H2,19,20,23). The Hall–Kier alpha value is -2.73. The second-order valence-electron chi connectivity index (χ2n) is 5.20. The summed E-state index contributed by atoms with van der Waals surface area (Å²) in [6, 6.07) is 11.1. The maximum absolute atomic E-state index is 12.1. The van der Waals surface area contributed by atoms with Crippen molar-refractivity contribution < 1.29 is 14.3 Å². The van der Waals surface area contributed by atoms with Crippen molar-refractivity contribution >= 4 is 34.9 Å². The van der Waals surface area contributed by atoms with E-state index in [1.54, 1.807) is 56.6 Å². The van der Waals surface area contributed by atoms with Gasteiger partial charge in [0.25, 0.3) is 5.91 Å². The van der Waals surface area contributed by atoms with Gasteiger partial charge < -0.3 is 20.3 Å². The zero-order chi connectivity index (χ0) is 17.7. The number of nitrogens with one attached hydrogen (secondary N) is 2. The van der Waals surface area contributed by atoms with E-state index in [0.29, 0.717) is 27.7 Å². The van der Waals surface area contributed by atoms with Gasteiger partial charge in [0.1, 0.15) is 5.75 Å². The number of urea groups is 1. The number of ether oxygens (including phenoxy) is 1. The third kappa shape index (κ3) is 4.39. The smallest absolute Gasteiger partial charge is 0.323 e. The van der Waals surface area contributed by atoms with E-state index < -0.39 is 6.03 Å². The molecule has 0 bridgehead atoms. The first-order valence-electron chi connectivity index (χ1n) is 7.14. The quantitative estimate of drug-likeness (QED) is 0.886. The fraction of sp³-hybridized carbons (Fsp3) is 0.176. The van der Waals surface area contributed by atoms with Crippen molar-refractivity contribution in [2.75, 3.05) is 31.8 Å². The van der Waals surface area contributed by atoms with Crippen LogP contribution in [0.2, 0.25) is 5.02 Å². The third-order valence-corrected chi connectivity index (χ3v) is 3.45. The van der Waals surface area contributed by atoms with Gasteiger partial charge in [-0.05, 0) is 42.5 Å². The Morgan fingerprint density at radius 2 is 1.71 bits per heavy atom. The molecule has 7 heteroatoms. The molecule has 2 aromatic carbocycles. The molecule has 126 valence electrons. The number of nitrogens with zero attached hydrogens (tertiary/aromatic N) is 1. The molecule has 0 aliphatic heterocycles. The van der Waals surface area contributed by atoms with Gasteiger partial charge in [-0.3, -0.25) is 4.79 Å². The van der Waals surface area contributed by atoms with Crippen LogP contribution in [0.25, 0.3) is 0 Å². The van der Waals surface area contributed by atoms with E-state index in [2.05, 4.69) is 10.6 Å². The van der Waals surface area contributed by atoms with Gasteiger partial charge in [-0.15, -0.1) is 0 Å². The normalized spacial score (nSPS) is 10.0. The predicted octanol–water partition coefficient (Wildman–Crippen LogP) is 3.69. The molecule has 0 saturated carbocycles. The summed E-state index contributed by atoms with van der Waals surface area (Å²) in [6.45, 7) is 0. The summed E-state index contributed by atoms with van der Waals surface area (Å²) in [5.41, 5.74) is 1.44. The van der Waals surface area contributed by atoms with Crippen molar-refractivity contribution in [1.82, 2.24) is 4.90 Å². The van der Waals surface area contributed by atoms with Gasteiger partial charge in [0, 0.05) is 30.4 Å². The molecule has 0 fully saturated rings. The van der Waals surface area contributed by atoms with Gasteiger partial charge in [0.2, 0.25) is 0 Å². The van der Waals surface area contributed by atoms with E-state index in [0.717, 1.165) is 0 Å². The number of rotatable bonds is 4. The molecule has 0 aliphatic carbocycles. The molecule has 24 heavy (non-hydrogen) atoms. The number of carbonyl (C=O) groups is 2. The van der Waals surface area contributed by atoms with Crippen molar-refractivity contribution in [1.29, 1.82) is 0 Å². The maximum Gasteiger partial charge on any atom is 0.323 e. The first-order chi connectivity index (χ1) is 11.4. The van der Waals surface area contributed by atoms with Gasteiger partial charge >= 0.3 is 6.03 Å². The Morgan fingerprint density at radius 1 is 1.04 bits per heavy atom. The minimum absolute atomic E-state index is 0.168. The molecule has 0 saturated heterocycles. The van der Waals surface area contributed by atoms with Crippen molar-refractivity contribution in [3.05, 3.63) is 53.1 Å². The largest absolute Gasteiger partial charge is 0.495 e. The summed E-state index contributed by atoms with van der Waals surface area (Å²) in [4.78, 5) is 25.7. The lowest BCUT2D eigenvalue weighted by Crippen LogP contribution is -2.23. The molecule has 3 amide bonds. The first-order valence-corrected chi connectivity index (χ1v) is 7.52. The highest BCUT2D eigenvalue weighted by molar-refractivity contribution is 6.30. The average molecular weight is 348 g/mol. The van der Waals surface area contributed by atoms with Crippen LogP contribution in [0.1, 0.15) is 10.4 Å². The van der Waals surface area contributed by atoms with Crippen LogP contribution in [0.3, 0.4) is 0 Å². The molecule has 0 radical (unpaired) electrons. The zero-order valence-corrected chi connectivity index (χ0v) is 14.3. The average Bonchev–Trinajstić information content (AvgIpc) is 2.56. The number of benzene rings is 2. The number of amides is 3. The summed E-state index contributed by atoms with van der Waals surface area (Å²) >= 11 is 5.81. The molecule has 0 aliphatic rings. The van der Waals surface area contributed by atoms with Crippen molar-refractivity contribution in [3.63, 3.8) is 0 Å². The molecule has 0 spiro atoms. The molecule has 2 aromatic rings. The van der Waals surface area contributed by atoms with Crippen LogP contribution in [0.5, 0.6) is 5.75 Å². The Morgan fingerprint density at radius 3 is 2.29 bits per heavy atom. The first kappa shape index (κ1) is 17.6. The number of hydrogen-bond donors (Lipinski definition) is 2. The Bertz CT molecular complexity index is 745. The van der Waals surface area contributed by atoms with Crippen LogP contribution < -0.4 is 15.4 Å². The van der Waals surface area contributed by atoms with Gasteiger partial charge in [0.15, 0.2) is 0 Å². The Kier molecular flexibility index (Phi) is 5.65. The number of anilines is 2. The van der Waals surface area contributed by atoms with Crippen molar-refractivity contribution in [2.45, 2.75) is 0 Å². The van der Waals surface area contributed by atoms with E-state index in [-0.39, 0.29) is 5.91 Å². The molecule has 2 rings (SSSR count). The van der Waals surface area contributed by atoms with E-state index in [1.807, 2.05) is 0 Å². The summed E-state index contributed by atoms with van der Waals surface area (Å²) in [7, 11) is 4.81. The van der Waals surface area contributed by atoms with Crippen molar-refractivity contribution in [2.24, 2.45) is 0 Å². The predicted molar refractivity (Wildman–Crippen MR) is 95.1 cm³/mol. The topological polar surface area (TPSA) is 70.7 Å². The van der Waals surface area contributed by atoms with Crippen LogP contribution in [-0.4, -0.2) is 38.0 Å². The zero-order valence-electron chi connectivity index (χ0n) is 13.6. The minimum Gasteiger partial charge on any atom is -0.495 e. The number of hydrogen-bond acceptors (Lipinski definition) is 3. The van der Waals surface area contributed by atoms with Gasteiger partial charge in [0.05, 0.1) is 12.8 Å². The summed E-state index contributed by atoms with van der Waals surface area (Å²) < 4.78 is 5.22. The molecule has 0 unspecified atom stereocenters. The van der Waals surface area contributed by atoms with Gasteiger partial charge in [-0.2, -0.15) is 0 Å². The third-order valence-electron chi connectivity index (χ3n) is 3.20. The Balaban J connectivity index is 2.17. The molecular formula is C17H18ClN3O3. The summed E-state index contributed by atoms with van der Waals surface area (Å²) in [5.74, 6) is 0.287. The lowest BCUT2D eigenvalue weighted by molar-refractivity contribution is 0.0827. The number of halogens is 1. The van der Waals surface area contributed by atoms with Gasteiger partial charge in [-0.25, -0.2) is 4.79 Å². The second kappa shape index (κ2) is 7.70. The monoisotopic (exact) mass is 347 g/mol. The lowest BCUT2D eigenvalue weighted by Gasteiger charge is -2.15. The van der Waals surface area contributed by atoms with E-state index in [4.69, 9.17) is 16.3 Å². The van der Waals surface area contributed by atoms with Crippen LogP contribution in [0.15, 0.2) is 42.5 Å². The van der Waals surface area contributed by atoms with E-state index in [1.165, 1.54) is 12.0 Å². The maximum atomic E-state index is 12.1. The van der Waals surface area contributed by atoms with E-state index in [9.17, 15) is 9.59 Å². The molecule has 0 atom stereocenters. The molecular weight excluding hydrogens is 330 g/mol. The fourth-order valence-electron chi connectivity index (χ4n) is 2.01. The SMILES string of the molecule is COc1ccc(C(=O)N(C)C)cc1NC(=O)Nc1ccc(Cl)cc1. The highest BCUT2D eigenvalue weighted by Crippen LogP contribution is 2.26.